The summed E-state index contributed by atoms with van der Waals surface area (Å²) in [7, 11) is 0. The van der Waals surface area contributed by atoms with E-state index in [9.17, 15) is 14.0 Å². The number of aromatic nitrogens is 1. The molecule has 0 unspecified atom stereocenters. The number of hydrogen-bond acceptors (Lipinski definition) is 5. The van der Waals surface area contributed by atoms with Crippen molar-refractivity contribution in [3.8, 4) is 5.75 Å². The zero-order valence-electron chi connectivity index (χ0n) is 15.7. The molecule has 4 aliphatic carbocycles. The predicted molar refractivity (Wildman–Crippen MR) is 101 cm³/mol. The van der Waals surface area contributed by atoms with Gasteiger partial charge in [-0.3, -0.25) is 9.59 Å². The van der Waals surface area contributed by atoms with E-state index in [1.165, 1.54) is 18.2 Å². The van der Waals surface area contributed by atoms with Crippen LogP contribution in [0.3, 0.4) is 0 Å². The summed E-state index contributed by atoms with van der Waals surface area (Å²) in [5.41, 5.74) is 0.569. The summed E-state index contributed by atoms with van der Waals surface area (Å²) in [4.78, 5) is 24.7. The Kier molecular flexibility index (Phi) is 4.21. The predicted octanol–water partition coefficient (Wildman–Crippen LogP) is 4.04. The SMILES string of the molecule is O=C(COc1ccc(Cl)c(F)c1)CC12CC(NC(=O)c3cc(C4CC4)no3)(C1)C2. The Labute approximate surface area is 171 Å². The van der Waals surface area contributed by atoms with Crippen LogP contribution in [-0.4, -0.2) is 29.0 Å². The summed E-state index contributed by atoms with van der Waals surface area (Å²) in [6, 6.07) is 5.82. The van der Waals surface area contributed by atoms with Gasteiger partial charge in [0.1, 0.15) is 18.2 Å². The van der Waals surface area contributed by atoms with Gasteiger partial charge >= 0.3 is 0 Å². The van der Waals surface area contributed by atoms with Crippen molar-refractivity contribution in [2.45, 2.75) is 50.0 Å². The van der Waals surface area contributed by atoms with E-state index in [-0.39, 0.29) is 45.8 Å². The van der Waals surface area contributed by atoms with Crippen LogP contribution in [0.4, 0.5) is 4.39 Å². The number of benzene rings is 1. The Morgan fingerprint density at radius 1 is 1.28 bits per heavy atom. The molecule has 0 spiro atoms. The van der Waals surface area contributed by atoms with Gasteiger partial charge in [0.05, 0.1) is 10.7 Å². The monoisotopic (exact) mass is 418 g/mol. The minimum absolute atomic E-state index is 0.0129. The van der Waals surface area contributed by atoms with Crippen molar-refractivity contribution in [1.29, 1.82) is 0 Å². The van der Waals surface area contributed by atoms with E-state index in [2.05, 4.69) is 10.5 Å². The minimum Gasteiger partial charge on any atom is -0.486 e. The zero-order valence-corrected chi connectivity index (χ0v) is 16.4. The summed E-state index contributed by atoms with van der Waals surface area (Å²) in [5.74, 6) is 0.117. The lowest BCUT2D eigenvalue weighted by molar-refractivity contribution is -0.162. The maximum Gasteiger partial charge on any atom is 0.290 e. The Bertz CT molecular complexity index is 981. The Morgan fingerprint density at radius 2 is 2.03 bits per heavy atom. The van der Waals surface area contributed by atoms with Gasteiger partial charge < -0.3 is 14.6 Å². The number of ketones is 1. The fourth-order valence-electron chi connectivity index (χ4n) is 4.79. The molecular formula is C21H20ClFN2O4. The number of carbonyl (C=O) groups excluding carboxylic acids is 2. The van der Waals surface area contributed by atoms with E-state index >= 15 is 0 Å². The lowest BCUT2D eigenvalue weighted by atomic mass is 9.38. The van der Waals surface area contributed by atoms with Gasteiger partial charge in [-0.1, -0.05) is 16.8 Å². The molecule has 152 valence electrons. The van der Waals surface area contributed by atoms with E-state index in [0.717, 1.165) is 37.8 Å². The third kappa shape index (κ3) is 3.52. The maximum atomic E-state index is 13.4. The van der Waals surface area contributed by atoms with Crippen molar-refractivity contribution in [2.24, 2.45) is 5.41 Å². The molecule has 2 bridgehead atoms. The van der Waals surface area contributed by atoms with Crippen LogP contribution in [0.1, 0.15) is 60.7 Å². The highest BCUT2D eigenvalue weighted by molar-refractivity contribution is 6.30. The van der Waals surface area contributed by atoms with Crippen LogP contribution in [0.2, 0.25) is 5.02 Å². The molecule has 1 aromatic heterocycles. The first kappa shape index (κ1) is 18.6. The Hall–Kier alpha value is -2.41. The number of amides is 1. The number of hydrogen-bond donors (Lipinski definition) is 1. The molecule has 4 aliphatic rings. The highest BCUT2D eigenvalue weighted by atomic mass is 35.5. The zero-order chi connectivity index (χ0) is 20.2. The van der Waals surface area contributed by atoms with Gasteiger partial charge in [0.15, 0.2) is 5.78 Å². The van der Waals surface area contributed by atoms with Crippen molar-refractivity contribution in [3.63, 3.8) is 0 Å². The number of carbonyl (C=O) groups is 2. The molecule has 8 heteroatoms. The minimum atomic E-state index is -0.579. The van der Waals surface area contributed by atoms with Gasteiger partial charge in [0, 0.05) is 30.0 Å². The smallest absolute Gasteiger partial charge is 0.290 e. The van der Waals surface area contributed by atoms with Crippen LogP contribution in [0.15, 0.2) is 28.8 Å². The van der Waals surface area contributed by atoms with Crippen LogP contribution in [0.25, 0.3) is 0 Å². The summed E-state index contributed by atoms with van der Waals surface area (Å²) in [6.45, 7) is -0.107. The van der Waals surface area contributed by atoms with E-state index < -0.39 is 5.82 Å². The number of Topliss-reactive ketones (excluding diaryl/α,β-unsaturated/α-hetero) is 1. The molecule has 0 saturated heterocycles. The van der Waals surface area contributed by atoms with Crippen molar-refractivity contribution < 1.29 is 23.2 Å². The van der Waals surface area contributed by atoms with Gasteiger partial charge in [-0.15, -0.1) is 0 Å². The standard InChI is InChI=1S/C21H20ClFN2O4/c22-15-4-3-14(5-16(15)23)28-8-13(26)7-20-9-21(10-20,11-20)24-19(27)18-6-17(25-29-18)12-1-2-12/h3-6,12H,1-2,7-11H2,(H,24,27). The second-order valence-electron chi connectivity index (χ2n) is 8.74. The molecule has 0 atom stereocenters. The van der Waals surface area contributed by atoms with Gasteiger partial charge in [0.2, 0.25) is 5.76 Å². The van der Waals surface area contributed by atoms with Crippen LogP contribution in [-0.2, 0) is 4.79 Å². The first-order valence-electron chi connectivity index (χ1n) is 9.74. The average molecular weight is 419 g/mol. The number of nitrogens with zero attached hydrogens (tertiary/aromatic N) is 1. The highest BCUT2D eigenvalue weighted by Gasteiger charge is 2.68. The molecular weight excluding hydrogens is 399 g/mol. The quantitative estimate of drug-likeness (QED) is 0.699. The van der Waals surface area contributed by atoms with Crippen LogP contribution in [0.5, 0.6) is 5.75 Å². The molecule has 1 heterocycles. The fourth-order valence-corrected chi connectivity index (χ4v) is 4.91. The summed E-state index contributed by atoms with van der Waals surface area (Å²) in [5, 5.41) is 7.03. The van der Waals surface area contributed by atoms with Crippen LogP contribution < -0.4 is 10.1 Å². The number of ether oxygens (including phenoxy) is 1. The first-order valence-corrected chi connectivity index (χ1v) is 10.1. The van der Waals surface area contributed by atoms with Crippen molar-refractivity contribution in [1.82, 2.24) is 10.5 Å². The molecule has 1 amide bonds. The molecule has 1 aromatic carbocycles. The van der Waals surface area contributed by atoms with E-state index in [1.54, 1.807) is 6.07 Å². The molecule has 1 N–H and O–H groups in total. The second kappa shape index (κ2) is 6.55. The number of nitrogens with one attached hydrogen (secondary N) is 1. The van der Waals surface area contributed by atoms with Gasteiger partial charge in [-0.05, 0) is 49.7 Å². The number of halogens is 2. The summed E-state index contributed by atoms with van der Waals surface area (Å²) in [6.07, 6.45) is 4.92. The maximum absolute atomic E-state index is 13.4. The molecule has 29 heavy (non-hydrogen) atoms. The lowest BCUT2D eigenvalue weighted by Gasteiger charge is -2.70. The fraction of sp³-hybridized carbons (Fsp3) is 0.476. The van der Waals surface area contributed by atoms with Gasteiger partial charge in [-0.25, -0.2) is 4.39 Å². The Balaban J connectivity index is 1.08. The normalized spacial score (nSPS) is 27.0. The topological polar surface area (TPSA) is 81.4 Å². The molecule has 0 radical (unpaired) electrons. The molecule has 4 saturated carbocycles. The molecule has 4 fully saturated rings. The van der Waals surface area contributed by atoms with E-state index in [1.807, 2.05) is 0 Å². The third-order valence-corrected chi connectivity index (χ3v) is 6.44. The van der Waals surface area contributed by atoms with Crippen molar-refractivity contribution in [2.75, 3.05) is 6.61 Å². The third-order valence-electron chi connectivity index (χ3n) is 6.13. The van der Waals surface area contributed by atoms with Crippen LogP contribution in [0, 0.1) is 11.2 Å². The summed E-state index contributed by atoms with van der Waals surface area (Å²) < 4.78 is 24.0. The van der Waals surface area contributed by atoms with E-state index in [4.69, 9.17) is 20.9 Å². The average Bonchev–Trinajstić information content (AvgIpc) is 3.36. The Morgan fingerprint density at radius 3 is 2.72 bits per heavy atom. The van der Waals surface area contributed by atoms with Crippen LogP contribution >= 0.6 is 11.6 Å². The molecule has 6 nitrogen and oxygen atoms in total. The van der Waals surface area contributed by atoms with Crippen molar-refractivity contribution >= 4 is 23.3 Å². The first-order chi connectivity index (χ1) is 13.9. The number of rotatable bonds is 8. The second-order valence-corrected chi connectivity index (χ2v) is 9.14. The van der Waals surface area contributed by atoms with Gasteiger partial charge in [0.25, 0.3) is 5.91 Å². The molecule has 6 rings (SSSR count). The van der Waals surface area contributed by atoms with Crippen molar-refractivity contribution in [3.05, 3.63) is 46.6 Å². The lowest BCUT2D eigenvalue weighted by Crippen LogP contribution is -2.75. The largest absolute Gasteiger partial charge is 0.486 e. The molecule has 2 aromatic rings. The van der Waals surface area contributed by atoms with Gasteiger partial charge in [-0.2, -0.15) is 0 Å². The van der Waals surface area contributed by atoms with E-state index in [0.29, 0.717) is 12.3 Å². The summed E-state index contributed by atoms with van der Waals surface area (Å²) >= 11 is 5.63. The highest BCUT2D eigenvalue weighted by Crippen LogP contribution is 2.69. The molecule has 0 aliphatic heterocycles.